The molecule has 1 heteroatoms. The van der Waals surface area contributed by atoms with Crippen molar-refractivity contribution in [3.8, 4) is 0 Å². The van der Waals surface area contributed by atoms with Gasteiger partial charge >= 0.3 is 0 Å². The van der Waals surface area contributed by atoms with Crippen LogP contribution in [0, 0.1) is 6.92 Å². The topological polar surface area (TPSA) is 17.1 Å². The summed E-state index contributed by atoms with van der Waals surface area (Å²) in [6.45, 7) is 6.11. The Morgan fingerprint density at radius 2 is 2.00 bits per heavy atom. The molecule has 0 saturated carbocycles. The van der Waals surface area contributed by atoms with Crippen molar-refractivity contribution in [2.75, 3.05) is 0 Å². The maximum absolute atomic E-state index is 11.0. The second-order valence-corrected chi connectivity index (χ2v) is 3.48. The fourth-order valence-electron chi connectivity index (χ4n) is 1.46. The second-order valence-electron chi connectivity index (χ2n) is 3.48. The number of hydrogen-bond acceptors (Lipinski definition) is 1. The fraction of sp³-hybridized carbons (Fsp3) is 0.308. The van der Waals surface area contributed by atoms with Crippen LogP contribution in [0.25, 0.3) is 5.57 Å². The summed E-state index contributed by atoms with van der Waals surface area (Å²) in [5, 5.41) is 0. The Kier molecular flexibility index (Phi) is 3.63. The molecule has 1 nitrogen and oxygen atoms in total. The lowest BCUT2D eigenvalue weighted by molar-refractivity contribution is -0.103. The average molecular weight is 188 g/mol. The predicted octanol–water partition coefficient (Wildman–Crippen LogP) is 3.38. The van der Waals surface area contributed by atoms with Gasteiger partial charge in [-0.3, -0.25) is 4.79 Å². The average Bonchev–Trinajstić information content (AvgIpc) is 2.21. The Hall–Kier alpha value is -1.37. The van der Waals surface area contributed by atoms with E-state index < -0.39 is 0 Å². The number of hydrogen-bond donors (Lipinski definition) is 0. The third kappa shape index (κ3) is 2.11. The molecular formula is C13H16O. The smallest absolute Gasteiger partial charge is 0.150 e. The molecule has 0 aromatic heterocycles. The molecule has 1 rings (SSSR count). The Balaban J connectivity index is 3.27. The number of carbonyl (C=O) groups is 1. The summed E-state index contributed by atoms with van der Waals surface area (Å²) < 4.78 is 0. The van der Waals surface area contributed by atoms with Crippen molar-refractivity contribution < 1.29 is 4.79 Å². The molecule has 74 valence electrons. The summed E-state index contributed by atoms with van der Waals surface area (Å²) in [6.07, 6.45) is 1.88. The van der Waals surface area contributed by atoms with Gasteiger partial charge in [-0.2, -0.15) is 0 Å². The molecule has 0 fully saturated rings. The van der Waals surface area contributed by atoms with Crippen molar-refractivity contribution in [1.82, 2.24) is 0 Å². The normalized spacial score (nSPS) is 12.2. The van der Waals surface area contributed by atoms with Gasteiger partial charge in [0.05, 0.1) is 0 Å². The first-order valence-electron chi connectivity index (χ1n) is 4.91. The highest BCUT2D eigenvalue weighted by molar-refractivity contribution is 6.08. The second kappa shape index (κ2) is 4.75. The van der Waals surface area contributed by atoms with E-state index in [1.165, 1.54) is 0 Å². The van der Waals surface area contributed by atoms with E-state index in [0.717, 1.165) is 35.0 Å². The van der Waals surface area contributed by atoms with Crippen molar-refractivity contribution in [3.05, 3.63) is 41.0 Å². The zero-order chi connectivity index (χ0) is 10.6. The number of benzene rings is 1. The molecule has 1 aromatic carbocycles. The molecular weight excluding hydrogens is 172 g/mol. The van der Waals surface area contributed by atoms with Gasteiger partial charge in [-0.05, 0) is 31.4 Å². The lowest BCUT2D eigenvalue weighted by Gasteiger charge is -2.07. The maximum Gasteiger partial charge on any atom is 0.150 e. The Morgan fingerprint density at radius 1 is 1.36 bits per heavy atom. The summed E-state index contributed by atoms with van der Waals surface area (Å²) in [7, 11) is 0. The lowest BCUT2D eigenvalue weighted by atomic mass is 9.97. The Morgan fingerprint density at radius 3 is 2.50 bits per heavy atom. The molecule has 0 heterocycles. The van der Waals surface area contributed by atoms with E-state index in [0.29, 0.717) is 0 Å². The number of aldehydes is 1. The molecule has 14 heavy (non-hydrogen) atoms. The number of carbonyl (C=O) groups excluding carboxylic acids is 1. The van der Waals surface area contributed by atoms with Crippen LogP contribution in [0.1, 0.15) is 31.4 Å². The summed E-state index contributed by atoms with van der Waals surface area (Å²) in [6, 6.07) is 7.98. The van der Waals surface area contributed by atoms with Gasteiger partial charge in [-0.25, -0.2) is 0 Å². The standard InChI is InChI=1S/C13H16O/c1-4-10(2)13(9-14)12-8-6-5-7-11(12)3/h5-9H,4H2,1-3H3/b13-10-. The molecule has 0 bridgehead atoms. The Bertz CT molecular complexity index is 361. The highest BCUT2D eigenvalue weighted by atomic mass is 16.1. The first kappa shape index (κ1) is 10.7. The molecule has 0 aliphatic rings. The first-order valence-corrected chi connectivity index (χ1v) is 4.91. The van der Waals surface area contributed by atoms with E-state index in [9.17, 15) is 4.79 Å². The molecule has 0 spiro atoms. The first-order chi connectivity index (χ1) is 6.70. The number of rotatable bonds is 3. The van der Waals surface area contributed by atoms with Gasteiger partial charge in [0.25, 0.3) is 0 Å². The minimum atomic E-state index is 0.839. The van der Waals surface area contributed by atoms with Gasteiger partial charge in [-0.1, -0.05) is 36.8 Å². The van der Waals surface area contributed by atoms with E-state index in [-0.39, 0.29) is 0 Å². The van der Waals surface area contributed by atoms with E-state index in [4.69, 9.17) is 0 Å². The van der Waals surface area contributed by atoms with Crippen LogP contribution in [0.15, 0.2) is 29.8 Å². The summed E-state index contributed by atoms with van der Waals surface area (Å²) >= 11 is 0. The predicted molar refractivity (Wildman–Crippen MR) is 60.1 cm³/mol. The number of aryl methyl sites for hydroxylation is 1. The van der Waals surface area contributed by atoms with Gasteiger partial charge in [0.1, 0.15) is 0 Å². The van der Waals surface area contributed by atoms with Crippen molar-refractivity contribution >= 4 is 11.9 Å². The van der Waals surface area contributed by atoms with E-state index in [1.807, 2.05) is 38.1 Å². The van der Waals surface area contributed by atoms with E-state index >= 15 is 0 Å². The highest BCUT2D eigenvalue weighted by Gasteiger charge is 2.05. The molecule has 0 radical (unpaired) electrons. The lowest BCUT2D eigenvalue weighted by Crippen LogP contribution is -1.93. The zero-order valence-electron chi connectivity index (χ0n) is 9.00. The molecule has 0 unspecified atom stereocenters. The van der Waals surface area contributed by atoms with Crippen molar-refractivity contribution in [2.45, 2.75) is 27.2 Å². The van der Waals surface area contributed by atoms with Gasteiger partial charge in [0.2, 0.25) is 0 Å². The Labute approximate surface area is 85.5 Å². The van der Waals surface area contributed by atoms with Crippen molar-refractivity contribution in [1.29, 1.82) is 0 Å². The van der Waals surface area contributed by atoms with Crippen LogP contribution >= 0.6 is 0 Å². The van der Waals surface area contributed by atoms with Crippen LogP contribution < -0.4 is 0 Å². The summed E-state index contributed by atoms with van der Waals surface area (Å²) in [5.74, 6) is 0. The van der Waals surface area contributed by atoms with Crippen LogP contribution in [0.4, 0.5) is 0 Å². The summed E-state index contributed by atoms with van der Waals surface area (Å²) in [5.41, 5.74) is 4.20. The fourth-order valence-corrected chi connectivity index (χ4v) is 1.46. The largest absolute Gasteiger partial charge is 0.298 e. The SMILES string of the molecule is CC/C(C)=C(/C=O)c1ccccc1C. The van der Waals surface area contributed by atoms with Crippen molar-refractivity contribution in [3.63, 3.8) is 0 Å². The van der Waals surface area contributed by atoms with Crippen LogP contribution in [0.5, 0.6) is 0 Å². The minimum absolute atomic E-state index is 0.839. The van der Waals surface area contributed by atoms with Crippen LogP contribution in [-0.2, 0) is 4.79 Å². The van der Waals surface area contributed by atoms with Gasteiger partial charge in [0, 0.05) is 5.57 Å². The maximum atomic E-state index is 11.0. The zero-order valence-corrected chi connectivity index (χ0v) is 9.00. The quantitative estimate of drug-likeness (QED) is 0.525. The van der Waals surface area contributed by atoms with Crippen LogP contribution in [-0.4, -0.2) is 6.29 Å². The monoisotopic (exact) mass is 188 g/mol. The molecule has 0 aliphatic carbocycles. The highest BCUT2D eigenvalue weighted by Crippen LogP contribution is 2.21. The molecule has 0 saturated heterocycles. The molecule has 0 atom stereocenters. The van der Waals surface area contributed by atoms with Gasteiger partial charge in [-0.15, -0.1) is 0 Å². The number of allylic oxidation sites excluding steroid dienone is 2. The van der Waals surface area contributed by atoms with E-state index in [2.05, 4.69) is 6.92 Å². The third-order valence-electron chi connectivity index (χ3n) is 2.54. The van der Waals surface area contributed by atoms with Crippen molar-refractivity contribution in [2.24, 2.45) is 0 Å². The van der Waals surface area contributed by atoms with Crippen LogP contribution in [0.2, 0.25) is 0 Å². The third-order valence-corrected chi connectivity index (χ3v) is 2.54. The molecule has 0 N–H and O–H groups in total. The molecule has 1 aromatic rings. The van der Waals surface area contributed by atoms with Gasteiger partial charge < -0.3 is 0 Å². The van der Waals surface area contributed by atoms with Gasteiger partial charge in [0.15, 0.2) is 6.29 Å². The van der Waals surface area contributed by atoms with E-state index in [1.54, 1.807) is 0 Å². The molecule has 0 aliphatic heterocycles. The summed E-state index contributed by atoms with van der Waals surface area (Å²) in [4.78, 5) is 11.0. The minimum Gasteiger partial charge on any atom is -0.298 e. The molecule has 0 amide bonds. The van der Waals surface area contributed by atoms with Crippen LogP contribution in [0.3, 0.4) is 0 Å².